The molecule has 3 heterocycles. The molecule has 166 valence electrons. The highest BCUT2D eigenvalue weighted by Crippen LogP contribution is 2.31. The highest BCUT2D eigenvalue weighted by atomic mass is 16.6. The fourth-order valence-electron chi connectivity index (χ4n) is 2.84. The van der Waals surface area contributed by atoms with Crippen LogP contribution in [0.25, 0.3) is 22.5 Å². The van der Waals surface area contributed by atoms with Gasteiger partial charge in [-0.15, -0.1) is 10.2 Å². The van der Waals surface area contributed by atoms with Crippen molar-refractivity contribution in [3.8, 4) is 22.5 Å². The molecule has 0 aliphatic rings. The first kappa shape index (κ1) is 22.9. The number of aromatic nitrogens is 4. The van der Waals surface area contributed by atoms with Gasteiger partial charge in [0.2, 0.25) is 0 Å². The number of rotatable bonds is 10. The number of pyridine rings is 2. The quantitative estimate of drug-likeness (QED) is 0.344. The minimum atomic E-state index is -0.752. The molecule has 0 fully saturated rings. The van der Waals surface area contributed by atoms with Gasteiger partial charge in [-0.05, 0) is 24.3 Å². The van der Waals surface area contributed by atoms with Crippen LogP contribution in [-0.2, 0) is 18.9 Å². The maximum Gasteiger partial charge on any atom is 0.341 e. The third-order valence-electron chi connectivity index (χ3n) is 4.33. The van der Waals surface area contributed by atoms with E-state index in [1.54, 1.807) is 49.1 Å². The summed E-state index contributed by atoms with van der Waals surface area (Å²) in [4.78, 5) is 34.3. The van der Waals surface area contributed by atoms with E-state index in [1.165, 1.54) is 14.2 Å². The third kappa shape index (κ3) is 5.48. The Kier molecular flexibility index (Phi) is 8.29. The molecule has 10 heteroatoms. The van der Waals surface area contributed by atoms with Crippen molar-refractivity contribution in [1.29, 1.82) is 0 Å². The van der Waals surface area contributed by atoms with Gasteiger partial charge in [-0.1, -0.05) is 0 Å². The van der Waals surface area contributed by atoms with Crippen LogP contribution in [0, 0.1) is 0 Å². The molecule has 0 aliphatic heterocycles. The fourth-order valence-corrected chi connectivity index (χ4v) is 2.84. The average Bonchev–Trinajstić information content (AvgIpc) is 2.84. The molecule has 0 aromatic carbocycles. The molecule has 3 rings (SSSR count). The van der Waals surface area contributed by atoms with Crippen molar-refractivity contribution in [1.82, 2.24) is 20.2 Å². The molecule has 0 amide bonds. The van der Waals surface area contributed by atoms with Gasteiger partial charge in [0.25, 0.3) is 0 Å². The minimum absolute atomic E-state index is 0.00378. The van der Waals surface area contributed by atoms with Crippen molar-refractivity contribution in [2.75, 3.05) is 40.6 Å². The molecule has 32 heavy (non-hydrogen) atoms. The highest BCUT2D eigenvalue weighted by molar-refractivity contribution is 6.10. The summed E-state index contributed by atoms with van der Waals surface area (Å²) in [6.45, 7) is 0.381. The van der Waals surface area contributed by atoms with Gasteiger partial charge in [0.15, 0.2) is 0 Å². The van der Waals surface area contributed by atoms with Crippen molar-refractivity contribution in [3.05, 3.63) is 60.2 Å². The van der Waals surface area contributed by atoms with Gasteiger partial charge in [0.1, 0.15) is 35.7 Å². The lowest BCUT2D eigenvalue weighted by atomic mass is 9.97. The van der Waals surface area contributed by atoms with Crippen LogP contribution in [0.15, 0.2) is 49.1 Å². The number of ether oxygens (including phenoxy) is 4. The number of methoxy groups -OCH3 is 2. The van der Waals surface area contributed by atoms with Crippen LogP contribution < -0.4 is 0 Å². The predicted molar refractivity (Wildman–Crippen MR) is 113 cm³/mol. The number of carbonyl (C=O) groups is 2. The van der Waals surface area contributed by atoms with Crippen LogP contribution in [0.3, 0.4) is 0 Å². The zero-order valence-electron chi connectivity index (χ0n) is 17.7. The predicted octanol–water partition coefficient (Wildman–Crippen LogP) is 2.21. The summed E-state index contributed by atoms with van der Waals surface area (Å²) >= 11 is 0. The summed E-state index contributed by atoms with van der Waals surface area (Å²) < 4.78 is 20.6. The van der Waals surface area contributed by atoms with Crippen LogP contribution in [0.5, 0.6) is 0 Å². The maximum absolute atomic E-state index is 13.1. The topological polar surface area (TPSA) is 123 Å². The smallest absolute Gasteiger partial charge is 0.341 e. The summed E-state index contributed by atoms with van der Waals surface area (Å²) in [5.41, 5.74) is 1.31. The minimum Gasteiger partial charge on any atom is -0.460 e. The largest absolute Gasteiger partial charge is 0.460 e. The Labute approximate surface area is 184 Å². The standard InChI is InChI=1S/C22H22N4O6/c1-29-11-13-31-21(27)17-18(22(28)32-14-12-30-2)20(16-5-9-24-10-6-16)26-25-19(17)15-3-7-23-8-4-15/h3-10H,11-14H2,1-2H3. The van der Waals surface area contributed by atoms with Crippen molar-refractivity contribution in [2.45, 2.75) is 0 Å². The summed E-state index contributed by atoms with van der Waals surface area (Å²) in [5, 5.41) is 8.50. The molecule has 10 nitrogen and oxygen atoms in total. The van der Waals surface area contributed by atoms with Crippen molar-refractivity contribution in [3.63, 3.8) is 0 Å². The number of hydrogen-bond donors (Lipinski definition) is 0. The Hall–Kier alpha value is -3.76. The van der Waals surface area contributed by atoms with Gasteiger partial charge in [0, 0.05) is 50.1 Å². The molecule has 3 aromatic heterocycles. The monoisotopic (exact) mass is 438 g/mol. The lowest BCUT2D eigenvalue weighted by molar-refractivity contribution is 0.0345. The Morgan fingerprint density at radius 3 is 1.38 bits per heavy atom. The van der Waals surface area contributed by atoms with Gasteiger partial charge in [-0.25, -0.2) is 9.59 Å². The van der Waals surface area contributed by atoms with E-state index < -0.39 is 11.9 Å². The number of nitrogens with zero attached hydrogens (tertiary/aromatic N) is 4. The van der Waals surface area contributed by atoms with E-state index in [-0.39, 0.29) is 48.9 Å². The Morgan fingerprint density at radius 2 is 1.03 bits per heavy atom. The zero-order chi connectivity index (χ0) is 22.8. The molecule has 0 unspecified atom stereocenters. The van der Waals surface area contributed by atoms with Crippen LogP contribution in [0.4, 0.5) is 0 Å². The average molecular weight is 438 g/mol. The van der Waals surface area contributed by atoms with E-state index in [0.29, 0.717) is 11.1 Å². The maximum atomic E-state index is 13.1. The molecule has 0 aliphatic carbocycles. The molecule has 0 bridgehead atoms. The molecule has 0 radical (unpaired) electrons. The van der Waals surface area contributed by atoms with E-state index in [2.05, 4.69) is 20.2 Å². The van der Waals surface area contributed by atoms with Crippen LogP contribution in [0.1, 0.15) is 20.7 Å². The van der Waals surface area contributed by atoms with E-state index in [9.17, 15) is 9.59 Å². The summed E-state index contributed by atoms with van der Waals surface area (Å²) in [5.74, 6) is -1.50. The molecule has 0 atom stereocenters. The Morgan fingerprint density at radius 1 is 0.656 bits per heavy atom. The molecule has 0 saturated carbocycles. The van der Waals surface area contributed by atoms with Crippen molar-refractivity contribution in [2.24, 2.45) is 0 Å². The van der Waals surface area contributed by atoms with Gasteiger partial charge >= 0.3 is 11.9 Å². The van der Waals surface area contributed by atoms with Crippen molar-refractivity contribution >= 4 is 11.9 Å². The van der Waals surface area contributed by atoms with E-state index in [1.807, 2.05) is 0 Å². The second-order valence-corrected chi connectivity index (χ2v) is 6.38. The number of esters is 2. The van der Waals surface area contributed by atoms with Crippen LogP contribution >= 0.6 is 0 Å². The second-order valence-electron chi connectivity index (χ2n) is 6.38. The lowest BCUT2D eigenvalue weighted by Crippen LogP contribution is -2.21. The summed E-state index contributed by atoms with van der Waals surface area (Å²) in [6.07, 6.45) is 6.18. The number of carbonyl (C=O) groups excluding carboxylic acids is 2. The first-order valence-corrected chi connectivity index (χ1v) is 9.71. The molecular formula is C22H22N4O6. The van der Waals surface area contributed by atoms with Crippen LogP contribution in [-0.4, -0.2) is 72.8 Å². The van der Waals surface area contributed by atoms with E-state index in [4.69, 9.17) is 18.9 Å². The molecule has 0 spiro atoms. The van der Waals surface area contributed by atoms with Gasteiger partial charge < -0.3 is 18.9 Å². The van der Waals surface area contributed by atoms with Crippen LogP contribution in [0.2, 0.25) is 0 Å². The van der Waals surface area contributed by atoms with E-state index >= 15 is 0 Å². The lowest BCUT2D eigenvalue weighted by Gasteiger charge is -2.16. The molecule has 3 aromatic rings. The summed E-state index contributed by atoms with van der Waals surface area (Å²) in [6, 6.07) is 6.62. The summed E-state index contributed by atoms with van der Waals surface area (Å²) in [7, 11) is 2.98. The third-order valence-corrected chi connectivity index (χ3v) is 4.33. The Bertz CT molecular complexity index is 963. The highest BCUT2D eigenvalue weighted by Gasteiger charge is 2.30. The molecular weight excluding hydrogens is 416 g/mol. The Balaban J connectivity index is 2.20. The fraction of sp³-hybridized carbons (Fsp3) is 0.273. The van der Waals surface area contributed by atoms with Crippen molar-refractivity contribution < 1.29 is 28.5 Å². The first-order valence-electron chi connectivity index (χ1n) is 9.71. The second kappa shape index (κ2) is 11.6. The van der Waals surface area contributed by atoms with E-state index in [0.717, 1.165) is 0 Å². The van der Waals surface area contributed by atoms with Gasteiger partial charge in [0.05, 0.1) is 13.2 Å². The first-order chi connectivity index (χ1) is 15.7. The van der Waals surface area contributed by atoms with Gasteiger partial charge in [-0.3, -0.25) is 9.97 Å². The molecule has 0 N–H and O–H groups in total. The van der Waals surface area contributed by atoms with Gasteiger partial charge in [-0.2, -0.15) is 0 Å². The number of hydrogen-bond acceptors (Lipinski definition) is 10. The zero-order valence-corrected chi connectivity index (χ0v) is 17.7. The normalized spacial score (nSPS) is 10.6. The molecule has 0 saturated heterocycles. The SMILES string of the molecule is COCCOC(=O)c1c(-c2ccncc2)nnc(-c2ccncc2)c1C(=O)OCCOC.